The Bertz CT molecular complexity index is 625. The lowest BCUT2D eigenvalue weighted by Crippen LogP contribution is -2.01. The first-order valence-corrected chi connectivity index (χ1v) is 6.56. The van der Waals surface area contributed by atoms with Gasteiger partial charge in [0.15, 0.2) is 0 Å². The number of nitrogens with zero attached hydrogens (tertiary/aromatic N) is 3. The average Bonchev–Trinajstić information content (AvgIpc) is 2.86. The molecule has 1 N–H and O–H groups in total. The standard InChI is InChI=1S/C13H15ClN4O2/c1-9(2)17-8-10(7-16-17)6-15-13-4-3-11(18(19)20)5-12(13)14/h3-5,7-9,15H,6H2,1-2H3. The van der Waals surface area contributed by atoms with E-state index in [0.29, 0.717) is 23.3 Å². The summed E-state index contributed by atoms with van der Waals surface area (Å²) in [5.74, 6) is 0. The van der Waals surface area contributed by atoms with Crippen molar-refractivity contribution in [3.05, 3.63) is 51.3 Å². The van der Waals surface area contributed by atoms with E-state index in [2.05, 4.69) is 24.3 Å². The van der Waals surface area contributed by atoms with Crippen molar-refractivity contribution < 1.29 is 4.92 Å². The van der Waals surface area contributed by atoms with Gasteiger partial charge in [-0.2, -0.15) is 5.10 Å². The van der Waals surface area contributed by atoms with Gasteiger partial charge in [-0.25, -0.2) is 0 Å². The van der Waals surface area contributed by atoms with Crippen molar-refractivity contribution in [3.63, 3.8) is 0 Å². The quantitative estimate of drug-likeness (QED) is 0.675. The third-order valence-corrected chi connectivity index (χ3v) is 3.14. The van der Waals surface area contributed by atoms with Crippen LogP contribution in [0, 0.1) is 10.1 Å². The fourth-order valence-electron chi connectivity index (χ4n) is 1.71. The Balaban J connectivity index is 2.05. The molecule has 0 amide bonds. The molecule has 2 aromatic rings. The highest BCUT2D eigenvalue weighted by Crippen LogP contribution is 2.27. The van der Waals surface area contributed by atoms with Gasteiger partial charge in [0, 0.05) is 36.5 Å². The summed E-state index contributed by atoms with van der Waals surface area (Å²) in [6.07, 6.45) is 3.74. The lowest BCUT2D eigenvalue weighted by Gasteiger charge is -2.07. The summed E-state index contributed by atoms with van der Waals surface area (Å²) in [5, 5.41) is 18.3. The van der Waals surface area contributed by atoms with Gasteiger partial charge in [0.2, 0.25) is 0 Å². The Morgan fingerprint density at radius 3 is 2.80 bits per heavy atom. The van der Waals surface area contributed by atoms with Crippen molar-refractivity contribution in [1.82, 2.24) is 9.78 Å². The Kier molecular flexibility index (Phi) is 4.24. The van der Waals surface area contributed by atoms with Crippen LogP contribution in [0.4, 0.5) is 11.4 Å². The third kappa shape index (κ3) is 3.27. The van der Waals surface area contributed by atoms with Gasteiger partial charge < -0.3 is 5.32 Å². The minimum absolute atomic E-state index is 0.0202. The molecule has 0 fully saturated rings. The Morgan fingerprint density at radius 2 is 2.25 bits per heavy atom. The predicted octanol–water partition coefficient (Wildman–Crippen LogP) is 3.64. The summed E-state index contributed by atoms with van der Waals surface area (Å²) in [7, 11) is 0. The molecule has 0 aliphatic carbocycles. The van der Waals surface area contributed by atoms with Crippen LogP contribution in [0.5, 0.6) is 0 Å². The monoisotopic (exact) mass is 294 g/mol. The van der Waals surface area contributed by atoms with Crippen LogP contribution >= 0.6 is 11.6 Å². The lowest BCUT2D eigenvalue weighted by atomic mass is 10.2. The molecule has 0 saturated carbocycles. The smallest absolute Gasteiger partial charge is 0.271 e. The average molecular weight is 295 g/mol. The van der Waals surface area contributed by atoms with E-state index in [1.807, 2.05) is 10.9 Å². The van der Waals surface area contributed by atoms with Crippen molar-refractivity contribution in [2.45, 2.75) is 26.4 Å². The largest absolute Gasteiger partial charge is 0.380 e. The van der Waals surface area contributed by atoms with E-state index < -0.39 is 4.92 Å². The number of hydrogen-bond donors (Lipinski definition) is 1. The molecule has 0 saturated heterocycles. The fraction of sp³-hybridized carbons (Fsp3) is 0.308. The molecule has 7 heteroatoms. The summed E-state index contributed by atoms with van der Waals surface area (Å²) in [6, 6.07) is 4.67. The van der Waals surface area contributed by atoms with E-state index in [1.54, 1.807) is 12.3 Å². The normalized spacial score (nSPS) is 10.8. The first kappa shape index (κ1) is 14.3. The fourth-order valence-corrected chi connectivity index (χ4v) is 1.95. The lowest BCUT2D eigenvalue weighted by molar-refractivity contribution is -0.384. The zero-order valence-corrected chi connectivity index (χ0v) is 12.0. The summed E-state index contributed by atoms with van der Waals surface area (Å²) in [6.45, 7) is 4.67. The number of hydrogen-bond acceptors (Lipinski definition) is 4. The van der Waals surface area contributed by atoms with Crippen LogP contribution < -0.4 is 5.32 Å². The number of anilines is 1. The Morgan fingerprint density at radius 1 is 1.50 bits per heavy atom. The van der Waals surface area contributed by atoms with Gasteiger partial charge in [0.25, 0.3) is 5.69 Å². The number of benzene rings is 1. The molecule has 0 aliphatic heterocycles. The molecule has 0 aliphatic rings. The summed E-state index contributed by atoms with van der Waals surface area (Å²) >= 11 is 6.01. The van der Waals surface area contributed by atoms with Gasteiger partial charge in [0.05, 0.1) is 21.8 Å². The molecule has 1 heterocycles. The van der Waals surface area contributed by atoms with Crippen molar-refractivity contribution in [2.75, 3.05) is 5.32 Å². The van der Waals surface area contributed by atoms with E-state index in [9.17, 15) is 10.1 Å². The first-order chi connectivity index (χ1) is 9.47. The van der Waals surface area contributed by atoms with Crippen molar-refractivity contribution >= 4 is 23.0 Å². The zero-order valence-electron chi connectivity index (χ0n) is 11.2. The number of nitrogens with one attached hydrogen (secondary N) is 1. The summed E-state index contributed by atoms with van der Waals surface area (Å²) < 4.78 is 1.87. The molecule has 0 unspecified atom stereocenters. The third-order valence-electron chi connectivity index (χ3n) is 2.83. The van der Waals surface area contributed by atoms with Gasteiger partial charge in [-0.1, -0.05) is 11.6 Å². The van der Waals surface area contributed by atoms with Gasteiger partial charge in [0.1, 0.15) is 0 Å². The van der Waals surface area contributed by atoms with Gasteiger partial charge in [-0.15, -0.1) is 0 Å². The van der Waals surface area contributed by atoms with Crippen LogP contribution in [0.3, 0.4) is 0 Å². The highest BCUT2D eigenvalue weighted by Gasteiger charge is 2.09. The second-order valence-corrected chi connectivity index (χ2v) is 5.10. The van der Waals surface area contributed by atoms with Crippen molar-refractivity contribution in [1.29, 1.82) is 0 Å². The van der Waals surface area contributed by atoms with Crippen LogP contribution in [0.15, 0.2) is 30.6 Å². The minimum atomic E-state index is -0.470. The van der Waals surface area contributed by atoms with Gasteiger partial charge >= 0.3 is 0 Å². The number of aromatic nitrogens is 2. The van der Waals surface area contributed by atoms with E-state index in [-0.39, 0.29) is 5.69 Å². The molecule has 6 nitrogen and oxygen atoms in total. The Labute approximate surface area is 121 Å². The van der Waals surface area contributed by atoms with Gasteiger partial charge in [-0.3, -0.25) is 14.8 Å². The maximum atomic E-state index is 10.6. The second kappa shape index (κ2) is 5.92. The number of nitro groups is 1. The van der Waals surface area contributed by atoms with E-state index in [0.717, 1.165) is 5.56 Å². The molecule has 20 heavy (non-hydrogen) atoms. The van der Waals surface area contributed by atoms with Crippen LogP contribution in [-0.4, -0.2) is 14.7 Å². The molecular weight excluding hydrogens is 280 g/mol. The maximum absolute atomic E-state index is 10.6. The molecule has 0 radical (unpaired) electrons. The van der Waals surface area contributed by atoms with Crippen LogP contribution in [0.1, 0.15) is 25.5 Å². The number of non-ortho nitro benzene ring substituents is 1. The molecule has 1 aromatic carbocycles. The van der Waals surface area contributed by atoms with Gasteiger partial charge in [-0.05, 0) is 19.9 Å². The van der Waals surface area contributed by atoms with Crippen molar-refractivity contribution in [3.8, 4) is 0 Å². The Hall–Kier alpha value is -2.08. The number of halogens is 1. The maximum Gasteiger partial charge on any atom is 0.271 e. The molecule has 0 spiro atoms. The SMILES string of the molecule is CC(C)n1cc(CNc2ccc([N+](=O)[O-])cc2Cl)cn1. The van der Waals surface area contributed by atoms with E-state index >= 15 is 0 Å². The summed E-state index contributed by atoms with van der Waals surface area (Å²) in [4.78, 5) is 10.2. The number of rotatable bonds is 5. The molecule has 0 bridgehead atoms. The predicted molar refractivity (Wildman–Crippen MR) is 78.0 cm³/mol. The highest BCUT2D eigenvalue weighted by atomic mass is 35.5. The van der Waals surface area contributed by atoms with Crippen molar-refractivity contribution in [2.24, 2.45) is 0 Å². The molecule has 2 rings (SSSR count). The van der Waals surface area contributed by atoms with Crippen LogP contribution in [-0.2, 0) is 6.54 Å². The minimum Gasteiger partial charge on any atom is -0.380 e. The second-order valence-electron chi connectivity index (χ2n) is 4.70. The summed E-state index contributed by atoms with van der Waals surface area (Å²) in [5.41, 5.74) is 1.66. The molecular formula is C13H15ClN4O2. The van der Waals surface area contributed by atoms with E-state index in [4.69, 9.17) is 11.6 Å². The number of nitro benzene ring substituents is 1. The first-order valence-electron chi connectivity index (χ1n) is 6.18. The molecule has 106 valence electrons. The van der Waals surface area contributed by atoms with Crippen LogP contribution in [0.25, 0.3) is 0 Å². The highest BCUT2D eigenvalue weighted by molar-refractivity contribution is 6.33. The molecule has 0 atom stereocenters. The zero-order chi connectivity index (χ0) is 14.7. The van der Waals surface area contributed by atoms with Crippen LogP contribution in [0.2, 0.25) is 5.02 Å². The molecule has 1 aromatic heterocycles. The van der Waals surface area contributed by atoms with E-state index in [1.165, 1.54) is 12.1 Å². The topological polar surface area (TPSA) is 73.0 Å².